The normalized spacial score (nSPS) is 21.0. The van der Waals surface area contributed by atoms with Gasteiger partial charge in [0.2, 0.25) is 0 Å². The molecule has 1 fully saturated rings. The highest BCUT2D eigenvalue weighted by Crippen LogP contribution is 2.38. The lowest BCUT2D eigenvalue weighted by Crippen LogP contribution is -2.41. The van der Waals surface area contributed by atoms with E-state index in [0.29, 0.717) is 12.0 Å². The highest BCUT2D eigenvalue weighted by Gasteiger charge is 2.52. The zero-order valence-electron chi connectivity index (χ0n) is 15.3. The van der Waals surface area contributed by atoms with Crippen LogP contribution in [-0.2, 0) is 18.8 Å². The molecule has 0 spiro atoms. The molecule has 0 aromatic rings. The summed E-state index contributed by atoms with van der Waals surface area (Å²) >= 11 is 0. The number of carbonyl (C=O) groups is 1. The minimum atomic E-state index is -0.560. The van der Waals surface area contributed by atoms with E-state index in [2.05, 4.69) is 4.99 Å². The molecule has 1 saturated heterocycles. The molecule has 0 saturated carbocycles. The summed E-state index contributed by atoms with van der Waals surface area (Å²) in [6, 6.07) is 0. The predicted molar refractivity (Wildman–Crippen MR) is 92.2 cm³/mol. The lowest BCUT2D eigenvalue weighted by Gasteiger charge is -2.32. The van der Waals surface area contributed by atoms with Crippen molar-refractivity contribution in [1.29, 1.82) is 0 Å². The van der Waals surface area contributed by atoms with Crippen LogP contribution in [-0.4, -0.2) is 42.7 Å². The predicted octanol–water partition coefficient (Wildman–Crippen LogP) is 2.26. The third kappa shape index (κ3) is 5.66. The van der Waals surface area contributed by atoms with Crippen LogP contribution in [0.25, 0.3) is 0 Å². The Morgan fingerprint density at radius 1 is 1.22 bits per heavy atom. The van der Waals surface area contributed by atoms with Gasteiger partial charge in [0.25, 0.3) is 0 Å². The van der Waals surface area contributed by atoms with Crippen molar-refractivity contribution in [2.24, 2.45) is 10.7 Å². The van der Waals surface area contributed by atoms with E-state index in [0.717, 1.165) is 0 Å². The Morgan fingerprint density at radius 3 is 2.17 bits per heavy atom. The molecule has 0 aromatic heterocycles. The molecule has 130 valence electrons. The van der Waals surface area contributed by atoms with Crippen molar-refractivity contribution in [3.8, 4) is 0 Å². The summed E-state index contributed by atoms with van der Waals surface area (Å²) in [5.41, 5.74) is 4.93. The fraction of sp³-hybridized carbons (Fsp3) is 0.750. The van der Waals surface area contributed by atoms with Crippen molar-refractivity contribution in [3.05, 3.63) is 11.7 Å². The number of nitrogens with two attached hydrogens (primary N) is 1. The molecule has 1 heterocycles. The number of esters is 1. The van der Waals surface area contributed by atoms with Crippen molar-refractivity contribution < 1.29 is 18.8 Å². The molecule has 1 aliphatic heterocycles. The first kappa shape index (κ1) is 19.7. The van der Waals surface area contributed by atoms with E-state index in [9.17, 15) is 4.79 Å². The second kappa shape index (κ2) is 7.05. The van der Waals surface area contributed by atoms with Gasteiger partial charge >= 0.3 is 13.1 Å². The molecule has 0 aromatic carbocycles. The Labute approximate surface area is 139 Å². The maximum atomic E-state index is 11.6. The van der Waals surface area contributed by atoms with Crippen LogP contribution in [0.1, 0.15) is 54.9 Å². The first-order valence-electron chi connectivity index (χ1n) is 7.87. The molecule has 0 unspecified atom stereocenters. The standard InChI is InChI=1S/C16H29BN2O4/c1-14(2,3)21-13(20)8-9-19-11-12(10-18)17-22-15(4,5)16(6,7)23-17/h10-11H,8-9,18H2,1-7H3. The van der Waals surface area contributed by atoms with E-state index in [1.54, 1.807) is 6.21 Å². The van der Waals surface area contributed by atoms with Crippen LogP contribution in [0, 0.1) is 0 Å². The largest absolute Gasteiger partial charge is 0.497 e. The van der Waals surface area contributed by atoms with Crippen molar-refractivity contribution in [3.63, 3.8) is 0 Å². The van der Waals surface area contributed by atoms with Gasteiger partial charge in [-0.2, -0.15) is 0 Å². The van der Waals surface area contributed by atoms with Gasteiger partial charge in [-0.25, -0.2) is 0 Å². The zero-order valence-corrected chi connectivity index (χ0v) is 15.3. The van der Waals surface area contributed by atoms with Crippen LogP contribution in [0.4, 0.5) is 0 Å². The minimum absolute atomic E-state index is 0.217. The van der Waals surface area contributed by atoms with Gasteiger partial charge in [0, 0.05) is 18.2 Å². The Hall–Kier alpha value is -1.34. The van der Waals surface area contributed by atoms with Gasteiger partial charge < -0.3 is 19.8 Å². The molecular formula is C16H29BN2O4. The number of rotatable bonds is 5. The molecule has 1 aliphatic rings. The van der Waals surface area contributed by atoms with Crippen LogP contribution < -0.4 is 5.73 Å². The van der Waals surface area contributed by atoms with Crippen LogP contribution in [0.3, 0.4) is 0 Å². The van der Waals surface area contributed by atoms with Gasteiger partial charge in [0.15, 0.2) is 0 Å². The highest BCUT2D eigenvalue weighted by molar-refractivity contribution is 6.60. The van der Waals surface area contributed by atoms with Gasteiger partial charge in [-0.1, -0.05) is 0 Å². The van der Waals surface area contributed by atoms with Crippen LogP contribution in [0.15, 0.2) is 16.7 Å². The molecule has 6 nitrogen and oxygen atoms in total. The maximum Gasteiger partial charge on any atom is 0.497 e. The Bertz CT molecular complexity index is 477. The van der Waals surface area contributed by atoms with Gasteiger partial charge in [0.05, 0.1) is 17.6 Å². The summed E-state index contributed by atoms with van der Waals surface area (Å²) in [6.45, 7) is 13.7. The number of nitrogens with zero attached hydrogens (tertiary/aromatic N) is 1. The molecule has 1 rings (SSSR count). The monoisotopic (exact) mass is 324 g/mol. The number of carbonyl (C=O) groups excluding carboxylic acids is 1. The summed E-state index contributed by atoms with van der Waals surface area (Å²) in [5.74, 6) is -0.274. The quantitative estimate of drug-likeness (QED) is 0.476. The number of hydrogen-bond acceptors (Lipinski definition) is 6. The molecule has 0 aliphatic carbocycles. The van der Waals surface area contributed by atoms with E-state index < -0.39 is 23.9 Å². The van der Waals surface area contributed by atoms with E-state index in [1.165, 1.54) is 6.20 Å². The van der Waals surface area contributed by atoms with E-state index >= 15 is 0 Å². The van der Waals surface area contributed by atoms with Crippen molar-refractivity contribution in [2.75, 3.05) is 6.54 Å². The lowest BCUT2D eigenvalue weighted by atomic mass is 9.79. The van der Waals surface area contributed by atoms with E-state index in [1.807, 2.05) is 48.5 Å². The molecule has 2 N–H and O–H groups in total. The summed E-state index contributed by atoms with van der Waals surface area (Å²) in [7, 11) is -0.560. The third-order valence-electron chi connectivity index (χ3n) is 3.82. The fourth-order valence-electron chi connectivity index (χ4n) is 1.88. The number of ether oxygens (including phenoxy) is 1. The summed E-state index contributed by atoms with van der Waals surface area (Å²) in [5, 5.41) is 0. The first-order valence-corrected chi connectivity index (χ1v) is 7.87. The number of hydrogen-bond donors (Lipinski definition) is 1. The smallest absolute Gasteiger partial charge is 0.460 e. The summed E-state index contributed by atoms with van der Waals surface area (Å²) in [4.78, 5) is 15.8. The molecule has 0 amide bonds. The average Bonchev–Trinajstić information content (AvgIpc) is 2.56. The van der Waals surface area contributed by atoms with Crippen LogP contribution in [0.2, 0.25) is 0 Å². The van der Waals surface area contributed by atoms with Crippen molar-refractivity contribution >= 4 is 19.3 Å². The molecule has 0 atom stereocenters. The lowest BCUT2D eigenvalue weighted by molar-refractivity contribution is -0.154. The Morgan fingerprint density at radius 2 is 1.74 bits per heavy atom. The zero-order chi connectivity index (χ0) is 17.9. The highest BCUT2D eigenvalue weighted by atomic mass is 16.7. The second-order valence-corrected chi connectivity index (χ2v) is 7.63. The topological polar surface area (TPSA) is 83.1 Å². The fourth-order valence-corrected chi connectivity index (χ4v) is 1.88. The third-order valence-corrected chi connectivity index (χ3v) is 3.82. The maximum absolute atomic E-state index is 11.6. The van der Waals surface area contributed by atoms with Gasteiger partial charge in [-0.15, -0.1) is 0 Å². The van der Waals surface area contributed by atoms with Gasteiger partial charge in [0.1, 0.15) is 5.60 Å². The summed E-state index contributed by atoms with van der Waals surface area (Å²) in [6.07, 6.45) is 3.22. The summed E-state index contributed by atoms with van der Waals surface area (Å²) < 4.78 is 17.0. The van der Waals surface area contributed by atoms with Crippen LogP contribution >= 0.6 is 0 Å². The molecular weight excluding hydrogens is 295 g/mol. The van der Waals surface area contributed by atoms with Gasteiger partial charge in [-0.3, -0.25) is 9.79 Å². The Kier molecular flexibility index (Phi) is 6.04. The Balaban J connectivity index is 2.54. The van der Waals surface area contributed by atoms with Crippen molar-refractivity contribution in [1.82, 2.24) is 0 Å². The SMILES string of the molecule is CC(C)(C)OC(=O)CCN=CC(=CN)B1OC(C)(C)C(C)(C)O1. The van der Waals surface area contributed by atoms with E-state index in [-0.39, 0.29) is 12.4 Å². The molecule has 7 heteroatoms. The average molecular weight is 324 g/mol. The van der Waals surface area contributed by atoms with E-state index in [4.69, 9.17) is 19.8 Å². The first-order chi connectivity index (χ1) is 10.4. The van der Waals surface area contributed by atoms with Crippen LogP contribution in [0.5, 0.6) is 0 Å². The number of allylic oxidation sites excluding steroid dienone is 1. The minimum Gasteiger partial charge on any atom is -0.460 e. The van der Waals surface area contributed by atoms with Gasteiger partial charge in [-0.05, 0) is 54.7 Å². The molecule has 0 radical (unpaired) electrons. The second-order valence-electron chi connectivity index (χ2n) is 7.63. The molecule has 23 heavy (non-hydrogen) atoms. The van der Waals surface area contributed by atoms with Crippen molar-refractivity contribution in [2.45, 2.75) is 71.7 Å². The molecule has 0 bridgehead atoms. The number of aliphatic imine (C=N–C) groups is 1.